The monoisotopic (exact) mass is 222 g/mol. The smallest absolute Gasteiger partial charge is 0.372 e. The van der Waals surface area contributed by atoms with Gasteiger partial charge in [0, 0.05) is 25.5 Å². The van der Waals surface area contributed by atoms with Gasteiger partial charge in [0.05, 0.1) is 6.04 Å². The van der Waals surface area contributed by atoms with Crippen molar-refractivity contribution in [3.05, 3.63) is 11.4 Å². The van der Waals surface area contributed by atoms with Gasteiger partial charge in [0.25, 0.3) is 0 Å². The van der Waals surface area contributed by atoms with E-state index in [9.17, 15) is 13.2 Å². The second-order valence-corrected chi connectivity index (χ2v) is 4.12. The second-order valence-electron chi connectivity index (χ2n) is 4.12. The molecule has 0 bridgehead atoms. The average molecular weight is 222 g/mol. The lowest BCUT2D eigenvalue weighted by molar-refractivity contribution is -0.192. The van der Waals surface area contributed by atoms with E-state index in [-0.39, 0.29) is 0 Å². The van der Waals surface area contributed by atoms with Crippen molar-refractivity contribution in [2.75, 3.05) is 14.1 Å². The average Bonchev–Trinajstić information content (AvgIpc) is 2.09. The van der Waals surface area contributed by atoms with Crippen LogP contribution in [0, 0.1) is 0 Å². The molecule has 0 spiro atoms. The first-order chi connectivity index (χ1) is 6.68. The number of allylic oxidation sites excluding steroid dienone is 2. The molecule has 0 saturated heterocycles. The van der Waals surface area contributed by atoms with E-state index in [1.54, 1.807) is 25.8 Å². The molecule has 2 atom stereocenters. The molecule has 0 fully saturated rings. The highest BCUT2D eigenvalue weighted by Crippen LogP contribution is 2.35. The summed E-state index contributed by atoms with van der Waals surface area (Å²) < 4.78 is 38.5. The highest BCUT2D eigenvalue weighted by molar-refractivity contribution is 5.16. The standard InChI is InChI=1S/C10H17F3N2/c1-6-7(2)15(5)9(10(11,12)13)8(3)14(6)4/h8-9H,1-5H3. The quantitative estimate of drug-likeness (QED) is 0.621. The largest absolute Gasteiger partial charge is 0.410 e. The maximum absolute atomic E-state index is 12.8. The summed E-state index contributed by atoms with van der Waals surface area (Å²) in [5.41, 5.74) is 1.57. The van der Waals surface area contributed by atoms with Crippen molar-refractivity contribution < 1.29 is 13.2 Å². The van der Waals surface area contributed by atoms with Crippen LogP contribution in [0.1, 0.15) is 20.8 Å². The molecule has 1 rings (SSSR count). The highest BCUT2D eigenvalue weighted by Gasteiger charge is 2.49. The van der Waals surface area contributed by atoms with Gasteiger partial charge in [-0.05, 0) is 20.8 Å². The molecular formula is C10H17F3N2. The van der Waals surface area contributed by atoms with Gasteiger partial charge in [-0.3, -0.25) is 0 Å². The molecule has 0 amide bonds. The van der Waals surface area contributed by atoms with Gasteiger partial charge in [0.1, 0.15) is 6.04 Å². The molecule has 0 saturated carbocycles. The Hall–Kier alpha value is -0.870. The van der Waals surface area contributed by atoms with Gasteiger partial charge >= 0.3 is 6.18 Å². The molecule has 0 aromatic heterocycles. The topological polar surface area (TPSA) is 6.48 Å². The summed E-state index contributed by atoms with van der Waals surface area (Å²) in [7, 11) is 3.20. The Morgan fingerprint density at radius 2 is 1.40 bits per heavy atom. The lowest BCUT2D eigenvalue weighted by Gasteiger charge is -2.46. The van der Waals surface area contributed by atoms with E-state index >= 15 is 0 Å². The fraction of sp³-hybridized carbons (Fsp3) is 0.800. The lowest BCUT2D eigenvalue weighted by atomic mass is 10.0. The first kappa shape index (κ1) is 12.2. The molecule has 1 aliphatic heterocycles. The predicted molar refractivity (Wildman–Crippen MR) is 53.2 cm³/mol. The van der Waals surface area contributed by atoms with Crippen LogP contribution in [0.2, 0.25) is 0 Å². The van der Waals surface area contributed by atoms with Gasteiger partial charge in [-0.2, -0.15) is 13.2 Å². The third-order valence-electron chi connectivity index (χ3n) is 3.40. The molecule has 2 unspecified atom stereocenters. The van der Waals surface area contributed by atoms with Crippen LogP contribution in [-0.2, 0) is 0 Å². The predicted octanol–water partition coefficient (Wildman–Crippen LogP) is 2.43. The number of alkyl halides is 3. The van der Waals surface area contributed by atoms with Crippen molar-refractivity contribution in [3.63, 3.8) is 0 Å². The molecule has 0 N–H and O–H groups in total. The summed E-state index contributed by atoms with van der Waals surface area (Å²) in [6.07, 6.45) is -4.19. The third kappa shape index (κ3) is 1.92. The SMILES string of the molecule is CC1=C(C)N(C)C(C(F)(F)F)C(C)N1C. The number of rotatable bonds is 0. The van der Waals surface area contributed by atoms with E-state index in [2.05, 4.69) is 0 Å². The van der Waals surface area contributed by atoms with Gasteiger partial charge in [0.15, 0.2) is 0 Å². The maximum Gasteiger partial charge on any atom is 0.410 e. The molecule has 0 aromatic carbocycles. The Kier molecular flexibility index (Phi) is 2.94. The molecule has 0 aromatic rings. The summed E-state index contributed by atoms with van der Waals surface area (Å²) in [5, 5.41) is 0. The fourth-order valence-electron chi connectivity index (χ4n) is 2.05. The second kappa shape index (κ2) is 3.61. The van der Waals surface area contributed by atoms with Gasteiger partial charge in [-0.15, -0.1) is 0 Å². The molecule has 1 heterocycles. The molecule has 1 aliphatic rings. The number of hydrogen-bond acceptors (Lipinski definition) is 2. The number of hydrogen-bond donors (Lipinski definition) is 0. The highest BCUT2D eigenvalue weighted by atomic mass is 19.4. The Morgan fingerprint density at radius 1 is 1.00 bits per heavy atom. The Balaban J connectivity index is 3.13. The zero-order valence-corrected chi connectivity index (χ0v) is 9.68. The maximum atomic E-state index is 12.8. The summed E-state index contributed by atoms with van der Waals surface area (Å²) in [5.74, 6) is 0. The molecule has 0 radical (unpaired) electrons. The van der Waals surface area contributed by atoms with Crippen molar-refractivity contribution in [3.8, 4) is 0 Å². The molecule has 2 nitrogen and oxygen atoms in total. The fourth-order valence-corrected chi connectivity index (χ4v) is 2.05. The summed E-state index contributed by atoms with van der Waals surface area (Å²) >= 11 is 0. The molecule has 0 aliphatic carbocycles. The first-order valence-electron chi connectivity index (χ1n) is 4.87. The van der Waals surface area contributed by atoms with E-state index < -0.39 is 18.3 Å². The van der Waals surface area contributed by atoms with Gasteiger partial charge < -0.3 is 9.80 Å². The minimum atomic E-state index is -4.19. The normalized spacial score (nSPS) is 28.8. The van der Waals surface area contributed by atoms with Gasteiger partial charge in [-0.1, -0.05) is 0 Å². The first-order valence-corrected chi connectivity index (χ1v) is 4.87. The molecular weight excluding hydrogens is 205 g/mol. The lowest BCUT2D eigenvalue weighted by Crippen LogP contribution is -2.58. The van der Waals surface area contributed by atoms with Crippen LogP contribution in [0.5, 0.6) is 0 Å². The van der Waals surface area contributed by atoms with Crippen molar-refractivity contribution in [2.24, 2.45) is 0 Å². The molecule has 88 valence electrons. The Bertz CT molecular complexity index is 283. The zero-order valence-electron chi connectivity index (χ0n) is 9.68. The molecule has 5 heteroatoms. The van der Waals surface area contributed by atoms with Crippen LogP contribution in [-0.4, -0.2) is 42.2 Å². The van der Waals surface area contributed by atoms with Crippen LogP contribution in [0.3, 0.4) is 0 Å². The van der Waals surface area contributed by atoms with Crippen molar-refractivity contribution in [1.29, 1.82) is 0 Å². The number of likely N-dealkylation sites (N-methyl/N-ethyl adjacent to an activating group) is 2. The van der Waals surface area contributed by atoms with Crippen LogP contribution in [0.25, 0.3) is 0 Å². The number of nitrogens with zero attached hydrogens (tertiary/aromatic N) is 2. The van der Waals surface area contributed by atoms with Crippen molar-refractivity contribution >= 4 is 0 Å². The van der Waals surface area contributed by atoms with Crippen molar-refractivity contribution in [2.45, 2.75) is 39.0 Å². The minimum absolute atomic E-state index is 0.557. The van der Waals surface area contributed by atoms with Gasteiger partial charge in [0.2, 0.25) is 0 Å². The van der Waals surface area contributed by atoms with Gasteiger partial charge in [-0.25, -0.2) is 0 Å². The molecule has 15 heavy (non-hydrogen) atoms. The Morgan fingerprint density at radius 3 is 1.80 bits per heavy atom. The minimum Gasteiger partial charge on any atom is -0.372 e. The zero-order chi connectivity index (χ0) is 12.0. The summed E-state index contributed by atoms with van der Waals surface area (Å²) in [4.78, 5) is 3.01. The van der Waals surface area contributed by atoms with Crippen LogP contribution < -0.4 is 0 Å². The van der Waals surface area contributed by atoms with E-state index in [1.807, 2.05) is 6.92 Å². The van der Waals surface area contributed by atoms with Crippen LogP contribution >= 0.6 is 0 Å². The third-order valence-corrected chi connectivity index (χ3v) is 3.40. The van der Waals surface area contributed by atoms with E-state index in [0.717, 1.165) is 5.70 Å². The summed E-state index contributed by atoms with van der Waals surface area (Å²) in [6.45, 7) is 5.16. The van der Waals surface area contributed by atoms with E-state index in [4.69, 9.17) is 0 Å². The van der Waals surface area contributed by atoms with Crippen molar-refractivity contribution in [1.82, 2.24) is 9.80 Å². The Labute approximate surface area is 88.3 Å². The summed E-state index contributed by atoms with van der Waals surface area (Å²) in [6, 6.07) is -1.98. The van der Waals surface area contributed by atoms with E-state index in [0.29, 0.717) is 5.70 Å². The van der Waals surface area contributed by atoms with Crippen LogP contribution in [0.4, 0.5) is 13.2 Å². The van der Waals surface area contributed by atoms with Crippen LogP contribution in [0.15, 0.2) is 11.4 Å². The number of halogens is 3. The van der Waals surface area contributed by atoms with E-state index in [1.165, 1.54) is 11.9 Å².